The van der Waals surface area contributed by atoms with Gasteiger partial charge >= 0.3 is 0 Å². The summed E-state index contributed by atoms with van der Waals surface area (Å²) < 4.78 is 0. The molecule has 4 heteroatoms. The smallest absolute Gasteiger partial charge is 0.220 e. The van der Waals surface area contributed by atoms with Gasteiger partial charge in [-0.15, -0.1) is 0 Å². The van der Waals surface area contributed by atoms with Crippen LogP contribution in [0.25, 0.3) is 0 Å². The van der Waals surface area contributed by atoms with Gasteiger partial charge in [-0.25, -0.2) is 0 Å². The third kappa shape index (κ3) is 1.02. The lowest BCUT2D eigenvalue weighted by Gasteiger charge is -2.03. The van der Waals surface area contributed by atoms with Crippen LogP contribution in [0.4, 0.5) is 5.69 Å². The maximum atomic E-state index is 10.1. The van der Waals surface area contributed by atoms with E-state index in [0.29, 0.717) is 5.48 Å². The minimum Gasteiger partial charge on any atom is -0.630 e. The molecule has 1 aromatic rings. The molecule has 0 aliphatic heterocycles. The van der Waals surface area contributed by atoms with Crippen molar-refractivity contribution in [2.75, 3.05) is 0 Å². The molecule has 0 heterocycles. The van der Waals surface area contributed by atoms with Gasteiger partial charge in [0.2, 0.25) is 5.75 Å². The molecule has 4 N–H and O–H groups in total. The summed E-state index contributed by atoms with van der Waals surface area (Å²) in [6, 6.07) is 4.21. The summed E-state index contributed by atoms with van der Waals surface area (Å²) in [5.74, 6) is -0.637. The van der Waals surface area contributed by atoms with Crippen LogP contribution in [0.3, 0.4) is 0 Å². The summed E-state index contributed by atoms with van der Waals surface area (Å²) in [6.07, 6.45) is 0. The lowest BCUT2D eigenvalue weighted by molar-refractivity contribution is -0.497. The zero-order chi connectivity index (χ0) is 7.56. The predicted molar refractivity (Wildman–Crippen MR) is 34.7 cm³/mol. The van der Waals surface area contributed by atoms with Crippen molar-refractivity contribution in [3.8, 4) is 11.5 Å². The molecule has 1 rings (SSSR count). The summed E-state index contributed by atoms with van der Waals surface area (Å²) in [5, 5.41) is 27.8. The van der Waals surface area contributed by atoms with Crippen LogP contribution in [-0.4, -0.2) is 10.2 Å². The SMILES string of the molecule is [O-][NH2+]c1cccc(O)c1O. The van der Waals surface area contributed by atoms with Crippen molar-refractivity contribution < 1.29 is 15.7 Å². The minimum atomic E-state index is -0.363. The summed E-state index contributed by atoms with van der Waals surface area (Å²) in [5.41, 5.74) is 0.578. The molecule has 1 aromatic carbocycles. The van der Waals surface area contributed by atoms with Crippen molar-refractivity contribution in [1.29, 1.82) is 0 Å². The minimum absolute atomic E-state index is 0.0972. The average molecular weight is 141 g/mol. The Hall–Kier alpha value is -1.26. The monoisotopic (exact) mass is 141 g/mol. The van der Waals surface area contributed by atoms with Crippen molar-refractivity contribution in [2.45, 2.75) is 0 Å². The third-order valence-electron chi connectivity index (χ3n) is 1.17. The number of nitrogens with two attached hydrogens (primary N) is 1. The highest BCUT2D eigenvalue weighted by atomic mass is 16.5. The van der Waals surface area contributed by atoms with E-state index in [1.54, 1.807) is 0 Å². The van der Waals surface area contributed by atoms with E-state index < -0.39 is 0 Å². The Labute approximate surface area is 57.3 Å². The zero-order valence-electron chi connectivity index (χ0n) is 5.11. The molecule has 0 bridgehead atoms. The lowest BCUT2D eigenvalue weighted by Crippen LogP contribution is -2.70. The summed E-state index contributed by atoms with van der Waals surface area (Å²) in [7, 11) is 0. The molecule has 0 saturated carbocycles. The van der Waals surface area contributed by atoms with Crippen molar-refractivity contribution in [2.24, 2.45) is 0 Å². The molecule has 0 aromatic heterocycles. The Morgan fingerprint density at radius 2 is 2.00 bits per heavy atom. The highest BCUT2D eigenvalue weighted by molar-refractivity contribution is 5.52. The molecular weight excluding hydrogens is 134 g/mol. The number of phenols is 2. The molecule has 0 unspecified atom stereocenters. The second kappa shape index (κ2) is 2.55. The predicted octanol–water partition coefficient (Wildman–Crippen LogP) is -0.210. The van der Waals surface area contributed by atoms with Gasteiger partial charge in [-0.05, 0) is 6.07 Å². The molecule has 0 aliphatic carbocycles. The van der Waals surface area contributed by atoms with Crippen molar-refractivity contribution in [1.82, 2.24) is 0 Å². The fourth-order valence-electron chi connectivity index (χ4n) is 0.644. The molecule has 0 radical (unpaired) electrons. The second-order valence-corrected chi connectivity index (χ2v) is 1.83. The first kappa shape index (κ1) is 6.85. The van der Waals surface area contributed by atoms with E-state index in [2.05, 4.69) is 0 Å². The maximum Gasteiger partial charge on any atom is 0.220 e. The van der Waals surface area contributed by atoms with Crippen LogP contribution in [0.5, 0.6) is 11.5 Å². The largest absolute Gasteiger partial charge is 0.630 e. The fraction of sp³-hybridized carbons (Fsp3) is 0. The van der Waals surface area contributed by atoms with Crippen LogP contribution in [0.2, 0.25) is 0 Å². The van der Waals surface area contributed by atoms with Gasteiger partial charge in [0.05, 0.1) is 0 Å². The number of phenolic OH excluding ortho intramolecular Hbond substituents is 2. The molecule has 54 valence electrons. The van der Waals surface area contributed by atoms with Crippen LogP contribution in [0.15, 0.2) is 18.2 Å². The first-order chi connectivity index (χ1) is 4.75. The highest BCUT2D eigenvalue weighted by Crippen LogP contribution is 2.28. The molecule has 0 spiro atoms. The van der Waals surface area contributed by atoms with Gasteiger partial charge in [0.1, 0.15) is 0 Å². The zero-order valence-corrected chi connectivity index (χ0v) is 5.11. The summed E-state index contributed by atoms with van der Waals surface area (Å²) in [4.78, 5) is 0. The lowest BCUT2D eigenvalue weighted by atomic mass is 10.3. The van der Waals surface area contributed by atoms with E-state index in [9.17, 15) is 5.21 Å². The van der Waals surface area contributed by atoms with Crippen LogP contribution < -0.4 is 5.48 Å². The summed E-state index contributed by atoms with van der Waals surface area (Å²) >= 11 is 0. The van der Waals surface area contributed by atoms with Crippen LogP contribution in [0, 0.1) is 5.21 Å². The maximum absolute atomic E-state index is 10.1. The van der Waals surface area contributed by atoms with Crippen molar-refractivity contribution in [3.63, 3.8) is 0 Å². The van der Waals surface area contributed by atoms with E-state index in [-0.39, 0.29) is 17.2 Å². The van der Waals surface area contributed by atoms with Gasteiger partial charge in [0.15, 0.2) is 11.4 Å². The number of aromatic hydroxyl groups is 2. The molecule has 0 fully saturated rings. The molecular formula is C6H7NO3. The Bertz CT molecular complexity index is 236. The molecule has 0 aliphatic rings. The van der Waals surface area contributed by atoms with Gasteiger partial charge in [-0.2, -0.15) is 0 Å². The number of quaternary nitrogens is 1. The third-order valence-corrected chi connectivity index (χ3v) is 1.17. The Balaban J connectivity index is 3.14. The topological polar surface area (TPSA) is 80.1 Å². The van der Waals surface area contributed by atoms with Gasteiger partial charge in [-0.3, -0.25) is 0 Å². The number of hydrogen-bond acceptors (Lipinski definition) is 3. The van der Waals surface area contributed by atoms with Crippen LogP contribution in [-0.2, 0) is 0 Å². The van der Waals surface area contributed by atoms with Gasteiger partial charge in [0.25, 0.3) is 0 Å². The quantitative estimate of drug-likeness (QED) is 0.287. The molecule has 10 heavy (non-hydrogen) atoms. The standard InChI is InChI=1S/C6H7NO3/c8-5-3-1-2-4(7-10)6(5)9/h1-3,8-9H,7H2. The van der Waals surface area contributed by atoms with E-state index in [1.807, 2.05) is 0 Å². The number of rotatable bonds is 1. The molecule has 0 saturated heterocycles. The normalized spacial score (nSPS) is 9.70. The number of benzene rings is 1. The number of hydrogen-bond donors (Lipinski definition) is 3. The van der Waals surface area contributed by atoms with Gasteiger partial charge in [0, 0.05) is 6.07 Å². The second-order valence-electron chi connectivity index (χ2n) is 1.83. The fourth-order valence-corrected chi connectivity index (χ4v) is 0.644. The Kier molecular flexibility index (Phi) is 1.75. The average Bonchev–Trinajstić information content (AvgIpc) is 1.95. The van der Waals surface area contributed by atoms with Gasteiger partial charge in [-0.1, -0.05) is 6.07 Å². The van der Waals surface area contributed by atoms with Crippen LogP contribution in [0.1, 0.15) is 0 Å². The van der Waals surface area contributed by atoms with E-state index >= 15 is 0 Å². The number of para-hydroxylation sites is 1. The van der Waals surface area contributed by atoms with Gasteiger partial charge < -0.3 is 20.9 Å². The van der Waals surface area contributed by atoms with E-state index in [4.69, 9.17) is 10.2 Å². The van der Waals surface area contributed by atoms with Crippen molar-refractivity contribution >= 4 is 5.69 Å². The highest BCUT2D eigenvalue weighted by Gasteiger charge is 2.04. The van der Waals surface area contributed by atoms with E-state index in [1.165, 1.54) is 18.2 Å². The van der Waals surface area contributed by atoms with Crippen molar-refractivity contribution in [3.05, 3.63) is 23.4 Å². The first-order valence-corrected chi connectivity index (χ1v) is 2.72. The Morgan fingerprint density at radius 3 is 2.50 bits per heavy atom. The molecule has 0 amide bonds. The Morgan fingerprint density at radius 1 is 1.30 bits per heavy atom. The molecule has 4 nitrogen and oxygen atoms in total. The van der Waals surface area contributed by atoms with Crippen LogP contribution >= 0.6 is 0 Å². The first-order valence-electron chi connectivity index (χ1n) is 2.72. The summed E-state index contributed by atoms with van der Waals surface area (Å²) in [6.45, 7) is 0. The molecule has 0 atom stereocenters. The van der Waals surface area contributed by atoms with E-state index in [0.717, 1.165) is 0 Å².